The molecule has 17 nitrogen and oxygen atoms in total. The lowest BCUT2D eigenvalue weighted by atomic mass is 10.1. The molecule has 0 rings (SSSR count). The molecule has 0 N–H and O–H groups in total. The van der Waals surface area contributed by atoms with Crippen molar-refractivity contribution in [2.75, 3.05) is 58.1 Å². The van der Waals surface area contributed by atoms with Gasteiger partial charge in [-0.2, -0.15) is 16.8 Å². The fourth-order valence-corrected chi connectivity index (χ4v) is 9.63. The third-order valence-electron chi connectivity index (χ3n) is 6.40. The number of hydrogen-bond donors (Lipinski definition) is 0. The van der Waals surface area contributed by atoms with Crippen molar-refractivity contribution in [3.63, 3.8) is 0 Å². The Morgan fingerprint density at radius 2 is 0.955 bits per heavy atom. The number of nitrogens with zero attached hydrogens (tertiary/aromatic N) is 1. The van der Waals surface area contributed by atoms with Crippen molar-refractivity contribution in [3.05, 3.63) is 34.5 Å². The Hall–Kier alpha value is 0.957. The fourth-order valence-electron chi connectivity index (χ4n) is 4.26. The summed E-state index contributed by atoms with van der Waals surface area (Å²) in [4.78, 5) is 8.81. The van der Waals surface area contributed by atoms with E-state index in [0.717, 1.165) is 17.1 Å². The van der Waals surface area contributed by atoms with Gasteiger partial charge in [0.1, 0.15) is 33.8 Å². The maximum absolute atomic E-state index is 11.8. The monoisotopic (exact) mass is 1270 g/mol. The average Bonchev–Trinajstić information content (AvgIpc) is 3.15. The summed E-state index contributed by atoms with van der Waals surface area (Å²) in [5, 5.41) is 2.55. The predicted octanol–water partition coefficient (Wildman–Crippen LogP) is 9.32. The zero-order valence-electron chi connectivity index (χ0n) is 42.1. The van der Waals surface area contributed by atoms with Crippen LogP contribution in [-0.4, -0.2) is 138 Å². The van der Waals surface area contributed by atoms with Gasteiger partial charge < -0.3 is 22.9 Å². The summed E-state index contributed by atoms with van der Waals surface area (Å²) in [6.45, 7) is 27.9. The molecule has 0 heterocycles. The topological polar surface area (TPSA) is 248 Å². The van der Waals surface area contributed by atoms with Gasteiger partial charge in [-0.05, 0) is 82.4 Å². The van der Waals surface area contributed by atoms with Crippen LogP contribution in [0.4, 0.5) is 4.70 Å². The van der Waals surface area contributed by atoms with Crippen LogP contribution in [0, 0.1) is 0 Å². The molecule has 0 aromatic rings. The summed E-state index contributed by atoms with van der Waals surface area (Å²) in [5.74, 6) is 0. The summed E-state index contributed by atoms with van der Waals surface area (Å²) in [7, 11) is -2.45. The first-order valence-corrected chi connectivity index (χ1v) is 31.4. The lowest BCUT2D eigenvalue weighted by Gasteiger charge is -2.39. The standard InChI is InChI=1S/C16H36N.C7H17O6PS.C5H10O3S.C3H5ClO2S.C3H6O3S.C2H4O.Al.BH.Cl2OS.FH.HI.H2.2H/c1-5-9-13-17(14-10-6-2,15-11-7-3)16-12-8-4;1-4-11-14(8,12-5-2)7-15(9,10)13-6-3;1-3-5-9(6,7)8-4-2;2*1-2-3-7(4,5)6;1-2-3;;;1-4(2)3;;;;;/h5-16H2,1-4H3;4-7H2,1-3H3;3,5H,4H2,1-2H3;2-3H,1H3;2-3H,1H3,(H,4,5,6);2H,1H3;;1H;;3*1H;;/q+1;;;;;;;;;;;;;/p-1/b;;5-3+;2*3-2+;;;;;;;;;/i;;;;;;;1T;;;;;;. The number of aldehydes is 1. The molecule has 0 atom stereocenters. The van der Waals surface area contributed by atoms with Crippen molar-refractivity contribution >= 4 is 144 Å². The maximum Gasteiger partial charge on any atom is 0.348 e. The van der Waals surface area contributed by atoms with Crippen LogP contribution in [0.5, 0.6) is 0 Å². The van der Waals surface area contributed by atoms with E-state index in [2.05, 4.69) is 65.8 Å². The highest BCUT2D eigenvalue weighted by atomic mass is 127. The number of carbonyl (C=O) groups is 1. The number of halogens is 5. The molecule has 0 amide bonds. The molecule has 0 aromatic heterocycles. The van der Waals surface area contributed by atoms with E-state index in [-0.39, 0.29) is 73.9 Å². The normalized spacial score (nSPS) is 11.3. The molecule has 0 aliphatic carbocycles. The Labute approximate surface area is 448 Å². The summed E-state index contributed by atoms with van der Waals surface area (Å²) < 4.78 is 138. The van der Waals surface area contributed by atoms with Gasteiger partial charge in [-0.25, -0.2) is 21.0 Å². The SMILES string of the molecule is C/C=C/S(=O)(=O)Cl.C/C=C/S(=O)(=O)OCC.C/C=C/S(=O)(=O)[O-].CC=O.CCCC[N+](CCCC)(CCCC)CCCC.CCOP(=O)(CS(=O)(=O)OCC)OCC.F.I.O=S(Cl)Cl.[3H][B].[AlH2].[HH]. The molecule has 0 aromatic carbocycles. The van der Waals surface area contributed by atoms with Crippen LogP contribution in [-0.2, 0) is 75.4 Å². The van der Waals surface area contributed by atoms with E-state index in [1.54, 1.807) is 34.6 Å². The van der Waals surface area contributed by atoms with E-state index >= 15 is 0 Å². The van der Waals surface area contributed by atoms with E-state index < -0.39 is 61.7 Å². The van der Waals surface area contributed by atoms with Crippen molar-refractivity contribution in [1.82, 2.24) is 0 Å². The van der Waals surface area contributed by atoms with E-state index in [4.69, 9.17) is 30.1 Å². The molecule has 3 radical (unpaired) electrons. The van der Waals surface area contributed by atoms with Crippen LogP contribution >= 0.6 is 63.6 Å². The molecule has 0 saturated carbocycles. The zero-order chi connectivity index (χ0) is 52.4. The van der Waals surface area contributed by atoms with Crippen LogP contribution in [0.1, 0.15) is 136 Å². The lowest BCUT2D eigenvalue weighted by molar-refractivity contribution is -0.929. The van der Waals surface area contributed by atoms with Crippen molar-refractivity contribution in [3.8, 4) is 0 Å². The Morgan fingerprint density at radius 3 is 1.12 bits per heavy atom. The van der Waals surface area contributed by atoms with E-state index in [1.807, 2.05) is 0 Å². The molecular weight excluding hydrogens is 1180 g/mol. The van der Waals surface area contributed by atoms with Gasteiger partial charge >= 0.3 is 7.60 Å². The largest absolute Gasteiger partial charge is 0.744 e. The quantitative estimate of drug-likeness (QED) is 0.0121. The first kappa shape index (κ1) is 89.8. The van der Waals surface area contributed by atoms with Crippen molar-refractivity contribution in [2.24, 2.45) is 0 Å². The highest BCUT2D eigenvalue weighted by Gasteiger charge is 2.32. The molecule has 0 fully saturated rings. The Kier molecular flexibility index (Phi) is 82.0. The summed E-state index contributed by atoms with van der Waals surface area (Å²) >= 11 is 0. The Morgan fingerprint density at radius 1 is 0.667 bits per heavy atom. The van der Waals surface area contributed by atoms with Crippen LogP contribution in [0.15, 0.2) is 34.5 Å². The van der Waals surface area contributed by atoms with Gasteiger partial charge in [0, 0.05) is 52.7 Å². The average molecular weight is 1270 g/mol. The van der Waals surface area contributed by atoms with Crippen molar-refractivity contribution in [2.45, 2.75) is 134 Å². The van der Waals surface area contributed by atoms with Crippen molar-refractivity contribution < 1.29 is 79.8 Å². The molecule has 66 heavy (non-hydrogen) atoms. The molecule has 30 heteroatoms. The third-order valence-corrected chi connectivity index (χ3v) is 13.5. The Balaban J connectivity index is -0.0000000562. The summed E-state index contributed by atoms with van der Waals surface area (Å²) in [5.41, 5.74) is -0.741. The number of carbonyl (C=O) groups excluding carboxylic acids is 1. The van der Waals surface area contributed by atoms with Gasteiger partial charge in [0.15, 0.2) is 5.49 Å². The zero-order valence-corrected chi connectivity index (χ0v) is 52.6. The van der Waals surface area contributed by atoms with Crippen LogP contribution in [0.25, 0.3) is 0 Å². The lowest BCUT2D eigenvalue weighted by Crippen LogP contribution is -2.50. The van der Waals surface area contributed by atoms with Gasteiger partial charge in [0.2, 0.25) is 9.23 Å². The highest BCUT2D eigenvalue weighted by Crippen LogP contribution is 2.49. The minimum Gasteiger partial charge on any atom is -0.744 e. The molecule has 0 spiro atoms. The second kappa shape index (κ2) is 60.3. The third kappa shape index (κ3) is 88.0. The van der Waals surface area contributed by atoms with Gasteiger partial charge in [-0.1, -0.05) is 71.6 Å². The molecule has 0 saturated heterocycles. The van der Waals surface area contributed by atoms with E-state index in [0.29, 0.717) is 5.41 Å². The first-order chi connectivity index (χ1) is 29.5. The number of rotatable bonds is 25. The van der Waals surface area contributed by atoms with E-state index in [1.165, 1.54) is 121 Å². The fraction of sp³-hybridized carbons (Fsp3) is 0.806. The second-order valence-corrected chi connectivity index (χ2v) is 23.8. The minimum absolute atomic E-state index is 0. The number of quaternary nitrogens is 1. The van der Waals surface area contributed by atoms with Gasteiger partial charge in [0.05, 0.1) is 58.0 Å². The highest BCUT2D eigenvalue weighted by molar-refractivity contribution is 14.0. The second-order valence-electron chi connectivity index (χ2n) is 11.9. The number of allylic oxidation sites excluding steroid dienone is 3. The van der Waals surface area contributed by atoms with Gasteiger partial charge in [-0.3, -0.25) is 17.6 Å². The molecule has 0 unspecified atom stereocenters. The number of hydrogen-bond acceptors (Lipinski definition) is 16. The minimum atomic E-state index is -4.10. The molecule has 405 valence electrons. The smallest absolute Gasteiger partial charge is 0.348 e. The molecular formula is C36H84AlBCl3FINO16PS5. The molecule has 0 bridgehead atoms. The van der Waals surface area contributed by atoms with Gasteiger partial charge in [0.25, 0.3) is 29.3 Å². The first-order valence-electron chi connectivity index (χ1n) is 20.5. The molecule has 0 aliphatic rings. The number of unbranched alkanes of at least 4 members (excludes halogenated alkanes) is 4. The Bertz CT molecular complexity index is 1600. The van der Waals surface area contributed by atoms with Crippen molar-refractivity contribution in [1.29, 1.82) is 1.34 Å². The summed E-state index contributed by atoms with van der Waals surface area (Å²) in [6, 6.07) is 0. The van der Waals surface area contributed by atoms with Gasteiger partial charge in [-0.15, -0.1) is 24.0 Å². The predicted molar refractivity (Wildman–Crippen MR) is 292 cm³/mol. The van der Waals surface area contributed by atoms with Crippen LogP contribution in [0.2, 0.25) is 0 Å². The van der Waals surface area contributed by atoms with Crippen LogP contribution < -0.4 is 0 Å². The maximum atomic E-state index is 11.8. The molecule has 0 aliphatic heterocycles. The summed E-state index contributed by atoms with van der Waals surface area (Å²) in [6.07, 6.45) is 15.8. The van der Waals surface area contributed by atoms with Crippen LogP contribution in [0.3, 0.4) is 0 Å². The van der Waals surface area contributed by atoms with E-state index in [9.17, 15) is 42.8 Å².